The number of pyridine rings is 2. The van der Waals surface area contributed by atoms with Gasteiger partial charge in [-0.3, -0.25) is 15.1 Å². The van der Waals surface area contributed by atoms with Gasteiger partial charge in [0.15, 0.2) is 5.69 Å². The topological polar surface area (TPSA) is 107 Å². The van der Waals surface area contributed by atoms with E-state index in [2.05, 4.69) is 20.0 Å². The lowest BCUT2D eigenvalue weighted by atomic mass is 10.3. The molecule has 0 aromatic carbocycles. The molecule has 8 heteroatoms. The van der Waals surface area contributed by atoms with Crippen molar-refractivity contribution in [1.29, 1.82) is 0 Å². The zero-order valence-electron chi connectivity index (χ0n) is 11.4. The summed E-state index contributed by atoms with van der Waals surface area (Å²) in [7, 11) is 1.21. The van der Waals surface area contributed by atoms with Crippen LogP contribution < -0.4 is 5.32 Å². The molecule has 0 bridgehead atoms. The van der Waals surface area contributed by atoms with Gasteiger partial charge in [0.25, 0.3) is 0 Å². The van der Waals surface area contributed by atoms with Crippen molar-refractivity contribution in [2.24, 2.45) is 0 Å². The Labute approximate surface area is 120 Å². The molecule has 0 radical (unpaired) electrons. The second kappa shape index (κ2) is 5.95. The summed E-state index contributed by atoms with van der Waals surface area (Å²) in [4.78, 5) is 29.9. The summed E-state index contributed by atoms with van der Waals surface area (Å²) in [5.74, 6) is -0.713. The number of nitro groups is 1. The number of anilines is 2. The van der Waals surface area contributed by atoms with Crippen LogP contribution in [0.25, 0.3) is 0 Å². The normalized spacial score (nSPS) is 10.0. The largest absolute Gasteiger partial charge is 0.464 e. The van der Waals surface area contributed by atoms with Gasteiger partial charge < -0.3 is 10.1 Å². The maximum atomic E-state index is 11.5. The Morgan fingerprint density at radius 1 is 1.38 bits per heavy atom. The lowest BCUT2D eigenvalue weighted by molar-refractivity contribution is -0.384. The van der Waals surface area contributed by atoms with Crippen molar-refractivity contribution < 1.29 is 14.5 Å². The Hall–Kier alpha value is -3.03. The highest BCUT2D eigenvalue weighted by atomic mass is 16.6. The minimum atomic E-state index is -0.671. The van der Waals surface area contributed by atoms with Crippen molar-refractivity contribution in [1.82, 2.24) is 9.97 Å². The van der Waals surface area contributed by atoms with Crippen LogP contribution in [0.2, 0.25) is 0 Å². The molecule has 0 saturated heterocycles. The van der Waals surface area contributed by atoms with E-state index in [-0.39, 0.29) is 17.2 Å². The van der Waals surface area contributed by atoms with Gasteiger partial charge in [0.05, 0.1) is 23.4 Å². The number of hydrogen-bond acceptors (Lipinski definition) is 7. The third-order valence-corrected chi connectivity index (χ3v) is 2.73. The molecule has 2 rings (SSSR count). The number of rotatable bonds is 4. The standard InChI is InChI=1S/C13H12N4O4/c1-8-9(4-3-7-14-8)15-12-11(17(19)20)6-5-10(16-12)13(18)21-2/h3-7H,1-2H3,(H,15,16). The predicted molar refractivity (Wildman–Crippen MR) is 74.5 cm³/mol. The highest BCUT2D eigenvalue weighted by molar-refractivity contribution is 5.88. The summed E-state index contributed by atoms with van der Waals surface area (Å²) in [5.41, 5.74) is 0.949. The lowest BCUT2D eigenvalue weighted by Crippen LogP contribution is -2.08. The number of esters is 1. The average Bonchev–Trinajstić information content (AvgIpc) is 2.48. The van der Waals surface area contributed by atoms with Crippen LogP contribution in [0.15, 0.2) is 30.5 Å². The number of nitrogens with zero attached hydrogens (tertiary/aromatic N) is 3. The minimum absolute atomic E-state index is 0.0212. The summed E-state index contributed by atoms with van der Waals surface area (Å²) in [6, 6.07) is 5.84. The third-order valence-electron chi connectivity index (χ3n) is 2.73. The first-order valence-electron chi connectivity index (χ1n) is 5.95. The first-order chi connectivity index (χ1) is 10.0. The molecule has 21 heavy (non-hydrogen) atoms. The van der Waals surface area contributed by atoms with Crippen molar-refractivity contribution in [2.45, 2.75) is 6.92 Å². The fourth-order valence-corrected chi connectivity index (χ4v) is 1.65. The number of carbonyl (C=O) groups is 1. The highest BCUT2D eigenvalue weighted by Crippen LogP contribution is 2.26. The summed E-state index contributed by atoms with van der Waals surface area (Å²) in [5, 5.41) is 13.9. The van der Waals surface area contributed by atoms with Gasteiger partial charge in [-0.2, -0.15) is 0 Å². The van der Waals surface area contributed by atoms with Crippen LogP contribution in [0.1, 0.15) is 16.2 Å². The van der Waals surface area contributed by atoms with Gasteiger partial charge in [0.2, 0.25) is 5.82 Å². The fraction of sp³-hybridized carbons (Fsp3) is 0.154. The van der Waals surface area contributed by atoms with E-state index >= 15 is 0 Å². The molecule has 1 N–H and O–H groups in total. The van der Waals surface area contributed by atoms with Crippen LogP contribution in [0.4, 0.5) is 17.2 Å². The summed E-state index contributed by atoms with van der Waals surface area (Å²) in [6.07, 6.45) is 1.60. The maximum Gasteiger partial charge on any atom is 0.356 e. The first-order valence-corrected chi connectivity index (χ1v) is 5.95. The van der Waals surface area contributed by atoms with Gasteiger partial charge >= 0.3 is 11.7 Å². The molecule has 0 aliphatic heterocycles. The number of aryl methyl sites for hydroxylation is 1. The lowest BCUT2D eigenvalue weighted by Gasteiger charge is -2.09. The van der Waals surface area contributed by atoms with E-state index in [0.29, 0.717) is 11.4 Å². The number of nitrogens with one attached hydrogen (secondary N) is 1. The zero-order chi connectivity index (χ0) is 15.4. The minimum Gasteiger partial charge on any atom is -0.464 e. The predicted octanol–water partition coefficient (Wildman–Crippen LogP) is 2.22. The number of hydrogen-bond donors (Lipinski definition) is 1. The average molecular weight is 288 g/mol. The van der Waals surface area contributed by atoms with Crippen LogP contribution in [0, 0.1) is 17.0 Å². The molecule has 2 heterocycles. The Morgan fingerprint density at radius 2 is 2.14 bits per heavy atom. The van der Waals surface area contributed by atoms with E-state index in [1.807, 2.05) is 0 Å². The van der Waals surface area contributed by atoms with Crippen molar-refractivity contribution in [3.05, 3.63) is 52.0 Å². The molecule has 0 aliphatic rings. The summed E-state index contributed by atoms with van der Waals surface area (Å²) in [6.45, 7) is 1.75. The van der Waals surface area contributed by atoms with E-state index in [0.717, 1.165) is 0 Å². The number of methoxy groups -OCH3 is 1. The molecule has 0 spiro atoms. The third kappa shape index (κ3) is 3.11. The molecule has 108 valence electrons. The number of aromatic nitrogens is 2. The molecule has 0 amide bonds. The van der Waals surface area contributed by atoms with Crippen LogP contribution in [-0.2, 0) is 4.74 Å². The van der Waals surface area contributed by atoms with Gasteiger partial charge in [-0.1, -0.05) is 0 Å². The smallest absolute Gasteiger partial charge is 0.356 e. The molecule has 0 unspecified atom stereocenters. The number of ether oxygens (including phenoxy) is 1. The van der Waals surface area contributed by atoms with Gasteiger partial charge in [-0.15, -0.1) is 0 Å². The van der Waals surface area contributed by atoms with E-state index in [4.69, 9.17) is 0 Å². The molecule has 8 nitrogen and oxygen atoms in total. The van der Waals surface area contributed by atoms with Crippen molar-refractivity contribution >= 4 is 23.2 Å². The van der Waals surface area contributed by atoms with E-state index in [9.17, 15) is 14.9 Å². The van der Waals surface area contributed by atoms with Gasteiger partial charge in [-0.25, -0.2) is 9.78 Å². The summed E-state index contributed by atoms with van der Waals surface area (Å²) >= 11 is 0. The van der Waals surface area contributed by atoms with Crippen molar-refractivity contribution in [2.75, 3.05) is 12.4 Å². The second-order valence-corrected chi connectivity index (χ2v) is 4.07. The van der Waals surface area contributed by atoms with Crippen LogP contribution in [-0.4, -0.2) is 28.0 Å². The van der Waals surface area contributed by atoms with Crippen molar-refractivity contribution in [3.8, 4) is 0 Å². The van der Waals surface area contributed by atoms with Crippen LogP contribution in [0.5, 0.6) is 0 Å². The monoisotopic (exact) mass is 288 g/mol. The Bertz CT molecular complexity index is 702. The van der Waals surface area contributed by atoms with E-state index in [1.54, 1.807) is 25.3 Å². The molecule has 0 saturated carbocycles. The van der Waals surface area contributed by atoms with E-state index < -0.39 is 10.9 Å². The number of carbonyl (C=O) groups excluding carboxylic acids is 1. The molecule has 0 atom stereocenters. The molecular formula is C13H12N4O4. The zero-order valence-corrected chi connectivity index (χ0v) is 11.4. The Balaban J connectivity index is 2.46. The maximum absolute atomic E-state index is 11.5. The molecular weight excluding hydrogens is 276 g/mol. The van der Waals surface area contributed by atoms with Crippen LogP contribution in [0.3, 0.4) is 0 Å². The van der Waals surface area contributed by atoms with Crippen molar-refractivity contribution in [3.63, 3.8) is 0 Å². The molecule has 0 aliphatic carbocycles. The fourth-order valence-electron chi connectivity index (χ4n) is 1.65. The first kappa shape index (κ1) is 14.4. The second-order valence-electron chi connectivity index (χ2n) is 4.07. The Morgan fingerprint density at radius 3 is 2.76 bits per heavy atom. The molecule has 2 aromatic heterocycles. The quantitative estimate of drug-likeness (QED) is 0.522. The van der Waals surface area contributed by atoms with Gasteiger partial charge in [0.1, 0.15) is 0 Å². The Kier molecular flexibility index (Phi) is 4.07. The van der Waals surface area contributed by atoms with E-state index in [1.165, 1.54) is 19.2 Å². The van der Waals surface area contributed by atoms with Gasteiger partial charge in [0, 0.05) is 12.3 Å². The highest BCUT2D eigenvalue weighted by Gasteiger charge is 2.19. The molecule has 0 fully saturated rings. The summed E-state index contributed by atoms with van der Waals surface area (Å²) < 4.78 is 4.55. The van der Waals surface area contributed by atoms with Crippen LogP contribution >= 0.6 is 0 Å². The SMILES string of the molecule is COC(=O)c1ccc([N+](=O)[O-])c(Nc2cccnc2C)n1. The molecule has 2 aromatic rings. The van der Waals surface area contributed by atoms with Gasteiger partial charge in [-0.05, 0) is 25.1 Å².